The van der Waals surface area contributed by atoms with Crippen LogP contribution in [0.3, 0.4) is 0 Å². The number of anilines is 1. The summed E-state index contributed by atoms with van der Waals surface area (Å²) in [5.41, 5.74) is 0.382. The summed E-state index contributed by atoms with van der Waals surface area (Å²) in [4.78, 5) is 31.4. The minimum Gasteiger partial charge on any atom is -0.305 e. The second-order valence-corrected chi connectivity index (χ2v) is 8.85. The van der Waals surface area contributed by atoms with E-state index >= 15 is 0 Å². The fraction of sp³-hybridized carbons (Fsp3) is 0.200. The quantitative estimate of drug-likeness (QED) is 0.295. The Kier molecular flexibility index (Phi) is 7.99. The molecule has 0 unspecified atom stereocenters. The molecule has 0 N–H and O–H groups in total. The van der Waals surface area contributed by atoms with Gasteiger partial charge in [0.15, 0.2) is 5.82 Å². The van der Waals surface area contributed by atoms with Crippen LogP contribution < -0.4 is 4.90 Å². The van der Waals surface area contributed by atoms with Gasteiger partial charge in [-0.2, -0.15) is 5.10 Å². The third-order valence-corrected chi connectivity index (χ3v) is 5.72. The van der Waals surface area contributed by atoms with Crippen molar-refractivity contribution in [3.63, 3.8) is 0 Å². The van der Waals surface area contributed by atoms with E-state index in [9.17, 15) is 9.59 Å². The molecule has 0 fully saturated rings. The summed E-state index contributed by atoms with van der Waals surface area (Å²) in [7, 11) is 0. The Bertz CT molecular complexity index is 1150. The zero-order chi connectivity index (χ0) is 22.7. The lowest BCUT2D eigenvalue weighted by atomic mass is 10.1. The molecule has 1 amide bonds. The highest BCUT2D eigenvalue weighted by molar-refractivity contribution is 9.10. The predicted octanol–water partition coefficient (Wildman–Crippen LogP) is 6.82. The number of pyridine rings is 1. The summed E-state index contributed by atoms with van der Waals surface area (Å²) in [6.45, 7) is 2.26. The summed E-state index contributed by atoms with van der Waals surface area (Å²) in [6, 6.07) is 7.69. The van der Waals surface area contributed by atoms with Gasteiger partial charge in [-0.25, -0.2) is 9.67 Å². The Hall–Kier alpha value is -1.64. The molecule has 0 saturated heterocycles. The van der Waals surface area contributed by atoms with E-state index in [0.717, 1.165) is 6.42 Å². The van der Waals surface area contributed by atoms with Gasteiger partial charge in [0, 0.05) is 23.8 Å². The minimum absolute atomic E-state index is 0.0321. The van der Waals surface area contributed by atoms with Crippen LogP contribution in [0.25, 0.3) is 5.82 Å². The van der Waals surface area contributed by atoms with E-state index in [2.05, 4.69) is 26.0 Å². The number of carbonyl (C=O) groups excluding carboxylic acids is 2. The number of benzene rings is 1. The van der Waals surface area contributed by atoms with Crippen LogP contribution in [0.4, 0.5) is 5.69 Å². The summed E-state index contributed by atoms with van der Waals surface area (Å²) in [6.07, 6.45) is 2.99. The first-order valence-corrected chi connectivity index (χ1v) is 11.4. The molecule has 0 saturated carbocycles. The molecule has 3 aromatic rings. The molecule has 31 heavy (non-hydrogen) atoms. The van der Waals surface area contributed by atoms with Gasteiger partial charge in [-0.3, -0.25) is 9.59 Å². The van der Waals surface area contributed by atoms with Gasteiger partial charge in [0.1, 0.15) is 10.3 Å². The van der Waals surface area contributed by atoms with Crippen LogP contribution in [0.5, 0.6) is 0 Å². The molecule has 6 nitrogen and oxygen atoms in total. The van der Waals surface area contributed by atoms with Crippen molar-refractivity contribution in [1.29, 1.82) is 0 Å². The molecule has 2 aromatic heterocycles. The second kappa shape index (κ2) is 10.3. The first-order valence-electron chi connectivity index (χ1n) is 9.11. The Labute approximate surface area is 207 Å². The molecular weight excluding hydrogens is 550 g/mol. The van der Waals surface area contributed by atoms with Crippen molar-refractivity contribution >= 4 is 79.2 Å². The molecule has 0 spiro atoms. The number of hydrogen-bond donors (Lipinski definition) is 0. The number of amides is 1. The Morgan fingerprint density at radius 1 is 1.16 bits per heavy atom. The van der Waals surface area contributed by atoms with Crippen molar-refractivity contribution in [3.05, 3.63) is 67.5 Å². The minimum atomic E-state index is -0.781. The SMILES string of the molecule is CCCCN(C(=O)c1cc(Br)nn1-c1ncccc1Cl)c1c(Cl)cc(Cl)cc1C(=O)Cl. The molecule has 3 rings (SSSR count). The predicted molar refractivity (Wildman–Crippen MR) is 127 cm³/mol. The molecule has 0 aliphatic heterocycles. The molecule has 0 aliphatic rings. The lowest BCUT2D eigenvalue weighted by molar-refractivity contribution is 0.0979. The van der Waals surface area contributed by atoms with E-state index < -0.39 is 11.1 Å². The molecule has 162 valence electrons. The number of hydrogen-bond acceptors (Lipinski definition) is 4. The second-order valence-electron chi connectivity index (χ2n) is 6.44. The highest BCUT2D eigenvalue weighted by Crippen LogP contribution is 2.36. The van der Waals surface area contributed by atoms with Crippen LogP contribution in [-0.2, 0) is 0 Å². The summed E-state index contributed by atoms with van der Waals surface area (Å²) >= 11 is 27.8. The van der Waals surface area contributed by atoms with Crippen molar-refractivity contribution in [1.82, 2.24) is 14.8 Å². The van der Waals surface area contributed by atoms with E-state index in [0.29, 0.717) is 16.0 Å². The van der Waals surface area contributed by atoms with E-state index in [4.69, 9.17) is 46.4 Å². The van der Waals surface area contributed by atoms with E-state index in [-0.39, 0.29) is 39.4 Å². The van der Waals surface area contributed by atoms with E-state index in [1.54, 1.807) is 18.3 Å². The number of nitrogens with zero attached hydrogens (tertiary/aromatic N) is 4. The van der Waals surface area contributed by atoms with Crippen LogP contribution in [0, 0.1) is 0 Å². The van der Waals surface area contributed by atoms with Gasteiger partial charge in [0.2, 0.25) is 0 Å². The van der Waals surface area contributed by atoms with Gasteiger partial charge < -0.3 is 4.90 Å². The molecule has 1 aromatic carbocycles. The Morgan fingerprint density at radius 2 is 1.90 bits per heavy atom. The smallest absolute Gasteiger partial charge is 0.277 e. The van der Waals surface area contributed by atoms with Crippen molar-refractivity contribution in [3.8, 4) is 5.82 Å². The van der Waals surface area contributed by atoms with Crippen LogP contribution in [0.2, 0.25) is 15.1 Å². The number of unbranched alkanes of at least 4 members (excludes halogenated alkanes) is 1. The van der Waals surface area contributed by atoms with Crippen LogP contribution in [0.15, 0.2) is 41.1 Å². The van der Waals surface area contributed by atoms with Crippen LogP contribution in [-0.4, -0.2) is 32.5 Å². The first kappa shape index (κ1) is 24.0. The standard InChI is InChI=1S/C20H15BrCl4N4O2/c1-2-3-7-28(17-12(18(25)30)8-11(22)9-14(17)24)20(31)15-10-16(21)27-29(15)19-13(23)5-4-6-26-19/h4-6,8-10H,2-3,7H2,1H3. The van der Waals surface area contributed by atoms with Gasteiger partial charge in [0.05, 0.1) is 21.3 Å². The zero-order valence-electron chi connectivity index (χ0n) is 16.1. The molecular formula is C20H15BrCl4N4O2. The Morgan fingerprint density at radius 3 is 2.55 bits per heavy atom. The maximum absolute atomic E-state index is 13.7. The highest BCUT2D eigenvalue weighted by atomic mass is 79.9. The Balaban J connectivity index is 2.19. The van der Waals surface area contributed by atoms with Crippen molar-refractivity contribution in [2.45, 2.75) is 19.8 Å². The lowest BCUT2D eigenvalue weighted by Crippen LogP contribution is -2.35. The van der Waals surface area contributed by atoms with Crippen LogP contribution >= 0.6 is 62.3 Å². The molecule has 0 radical (unpaired) electrons. The van der Waals surface area contributed by atoms with Gasteiger partial charge in [0.25, 0.3) is 11.1 Å². The summed E-state index contributed by atoms with van der Waals surface area (Å²) in [5.74, 6) is -0.179. The van der Waals surface area contributed by atoms with Crippen LogP contribution in [0.1, 0.15) is 40.6 Å². The van der Waals surface area contributed by atoms with Gasteiger partial charge >= 0.3 is 0 Å². The summed E-state index contributed by atoms with van der Waals surface area (Å²) < 4.78 is 1.74. The molecule has 2 heterocycles. The van der Waals surface area contributed by atoms with Gasteiger partial charge in [-0.05, 0) is 58.2 Å². The first-order chi connectivity index (χ1) is 14.7. The van der Waals surface area contributed by atoms with Crippen molar-refractivity contribution in [2.75, 3.05) is 11.4 Å². The third kappa shape index (κ3) is 5.23. The van der Waals surface area contributed by atoms with E-state index in [1.807, 2.05) is 6.92 Å². The molecule has 0 bridgehead atoms. The van der Waals surface area contributed by atoms with Crippen molar-refractivity contribution in [2.24, 2.45) is 0 Å². The maximum Gasteiger partial charge on any atom is 0.277 e. The number of carbonyl (C=O) groups is 2. The van der Waals surface area contributed by atoms with E-state index in [1.165, 1.54) is 27.8 Å². The number of aromatic nitrogens is 3. The molecule has 0 atom stereocenters. The van der Waals surface area contributed by atoms with Crippen molar-refractivity contribution < 1.29 is 9.59 Å². The number of rotatable bonds is 7. The average molecular weight is 565 g/mol. The fourth-order valence-corrected chi connectivity index (χ4v) is 4.28. The summed E-state index contributed by atoms with van der Waals surface area (Å²) in [5, 5.41) is 4.19. The highest BCUT2D eigenvalue weighted by Gasteiger charge is 2.29. The fourth-order valence-electron chi connectivity index (χ4n) is 2.96. The average Bonchev–Trinajstić information content (AvgIpc) is 3.10. The zero-order valence-corrected chi connectivity index (χ0v) is 20.7. The number of halogens is 5. The molecule has 11 heteroatoms. The lowest BCUT2D eigenvalue weighted by Gasteiger charge is -2.26. The normalized spacial score (nSPS) is 10.9. The van der Waals surface area contributed by atoms with Gasteiger partial charge in [-0.1, -0.05) is 48.1 Å². The topological polar surface area (TPSA) is 68.1 Å². The monoisotopic (exact) mass is 562 g/mol. The van der Waals surface area contributed by atoms with Gasteiger partial charge in [-0.15, -0.1) is 0 Å². The largest absolute Gasteiger partial charge is 0.305 e. The maximum atomic E-state index is 13.7. The molecule has 0 aliphatic carbocycles. The third-order valence-electron chi connectivity index (χ3n) is 4.33.